The highest BCUT2D eigenvalue weighted by Gasteiger charge is 2.23. The first-order chi connectivity index (χ1) is 7.57. The average molecular weight is 214 g/mol. The van der Waals surface area contributed by atoms with E-state index in [4.69, 9.17) is 0 Å². The van der Waals surface area contributed by atoms with E-state index in [0.29, 0.717) is 5.41 Å². The molecule has 1 rings (SSSR count). The van der Waals surface area contributed by atoms with Gasteiger partial charge in [-0.2, -0.15) is 0 Å². The second-order valence-electron chi connectivity index (χ2n) is 5.10. The van der Waals surface area contributed by atoms with E-state index in [0.717, 1.165) is 12.8 Å². The van der Waals surface area contributed by atoms with Crippen molar-refractivity contribution in [2.45, 2.75) is 33.6 Å². The smallest absolute Gasteiger partial charge is 0.0224 e. The van der Waals surface area contributed by atoms with E-state index in [1.807, 2.05) is 19.1 Å². The highest BCUT2D eigenvalue weighted by Crippen LogP contribution is 2.38. The molecule has 1 aliphatic rings. The van der Waals surface area contributed by atoms with Crippen LogP contribution in [0.15, 0.2) is 60.3 Å². The molecule has 0 heteroatoms. The van der Waals surface area contributed by atoms with Gasteiger partial charge in [-0.25, -0.2) is 0 Å². The van der Waals surface area contributed by atoms with Gasteiger partial charge in [0.1, 0.15) is 0 Å². The largest absolute Gasteiger partial charge is 0.0991 e. The lowest BCUT2D eigenvalue weighted by Gasteiger charge is -2.30. The molecule has 0 heterocycles. The minimum absolute atomic E-state index is 0.364. The number of hydrogen-bond acceptors (Lipinski definition) is 0. The highest BCUT2D eigenvalue weighted by atomic mass is 14.3. The molecule has 1 aliphatic carbocycles. The topological polar surface area (TPSA) is 0 Å². The molecule has 0 atom stereocenters. The molecule has 0 amide bonds. The van der Waals surface area contributed by atoms with E-state index in [-0.39, 0.29) is 0 Å². The van der Waals surface area contributed by atoms with Crippen LogP contribution in [0, 0.1) is 5.41 Å². The summed E-state index contributed by atoms with van der Waals surface area (Å²) < 4.78 is 0. The SMILES string of the molecule is C=C/C=C/C1=CC(=C/C=C/C)/CC(C)(C)C1. The van der Waals surface area contributed by atoms with Crippen molar-refractivity contribution in [3.8, 4) is 0 Å². The third-order valence-electron chi connectivity index (χ3n) is 2.69. The first-order valence-corrected chi connectivity index (χ1v) is 5.89. The molecule has 0 spiro atoms. The molecule has 0 bridgehead atoms. The van der Waals surface area contributed by atoms with Gasteiger partial charge in [0.15, 0.2) is 0 Å². The molecule has 86 valence electrons. The van der Waals surface area contributed by atoms with Gasteiger partial charge < -0.3 is 0 Å². The van der Waals surface area contributed by atoms with Gasteiger partial charge in [-0.05, 0) is 36.3 Å². The predicted octanol–water partition coefficient (Wildman–Crippen LogP) is 4.98. The maximum atomic E-state index is 3.71. The minimum atomic E-state index is 0.364. The van der Waals surface area contributed by atoms with E-state index < -0.39 is 0 Å². The average Bonchev–Trinajstić information content (AvgIpc) is 2.21. The molecule has 0 radical (unpaired) electrons. The Labute approximate surface area is 99.8 Å². The monoisotopic (exact) mass is 214 g/mol. The first kappa shape index (κ1) is 12.8. The summed E-state index contributed by atoms with van der Waals surface area (Å²) in [6, 6.07) is 0. The van der Waals surface area contributed by atoms with Crippen LogP contribution in [-0.2, 0) is 0 Å². The molecular formula is C16H22. The van der Waals surface area contributed by atoms with Crippen LogP contribution in [0.2, 0.25) is 0 Å². The molecule has 16 heavy (non-hydrogen) atoms. The normalized spacial score (nSPS) is 22.9. The van der Waals surface area contributed by atoms with Crippen LogP contribution in [0.3, 0.4) is 0 Å². The number of hydrogen-bond donors (Lipinski definition) is 0. The summed E-state index contributed by atoms with van der Waals surface area (Å²) in [4.78, 5) is 0. The van der Waals surface area contributed by atoms with Crippen molar-refractivity contribution in [1.29, 1.82) is 0 Å². The van der Waals surface area contributed by atoms with E-state index >= 15 is 0 Å². The summed E-state index contributed by atoms with van der Waals surface area (Å²) >= 11 is 0. The zero-order valence-electron chi connectivity index (χ0n) is 10.7. The molecule has 0 unspecified atom stereocenters. The zero-order chi connectivity index (χ0) is 12.0. The highest BCUT2D eigenvalue weighted by molar-refractivity contribution is 5.37. The molecule has 0 aromatic heterocycles. The van der Waals surface area contributed by atoms with Gasteiger partial charge in [0.05, 0.1) is 0 Å². The van der Waals surface area contributed by atoms with Crippen LogP contribution < -0.4 is 0 Å². The summed E-state index contributed by atoms with van der Waals surface area (Å²) in [6.45, 7) is 10.4. The molecule has 0 aromatic carbocycles. The Morgan fingerprint density at radius 3 is 2.62 bits per heavy atom. The fourth-order valence-electron chi connectivity index (χ4n) is 2.13. The van der Waals surface area contributed by atoms with Gasteiger partial charge in [-0.15, -0.1) is 0 Å². The number of rotatable bonds is 3. The maximum absolute atomic E-state index is 3.71. The second kappa shape index (κ2) is 5.69. The fraction of sp³-hybridized carbons (Fsp3) is 0.375. The van der Waals surface area contributed by atoms with Gasteiger partial charge >= 0.3 is 0 Å². The van der Waals surface area contributed by atoms with Crippen molar-refractivity contribution in [1.82, 2.24) is 0 Å². The van der Waals surface area contributed by atoms with Crippen LogP contribution in [0.4, 0.5) is 0 Å². The Morgan fingerprint density at radius 1 is 1.25 bits per heavy atom. The van der Waals surface area contributed by atoms with Gasteiger partial charge in [0, 0.05) is 0 Å². The standard InChI is InChI=1S/C16H22/c1-5-7-9-14-11-15(10-8-6-2)13-16(3,4)12-14/h5-11H,1,12-13H2,2-4H3/b8-6+,9-7+,15-10-. The van der Waals surface area contributed by atoms with Gasteiger partial charge in [0.2, 0.25) is 0 Å². The van der Waals surface area contributed by atoms with Crippen molar-refractivity contribution in [2.75, 3.05) is 0 Å². The Morgan fingerprint density at radius 2 is 2.00 bits per heavy atom. The van der Waals surface area contributed by atoms with Crippen LogP contribution in [0.1, 0.15) is 33.6 Å². The molecule has 0 fully saturated rings. The van der Waals surface area contributed by atoms with E-state index in [9.17, 15) is 0 Å². The second-order valence-corrected chi connectivity index (χ2v) is 5.10. The van der Waals surface area contributed by atoms with Crippen LogP contribution in [-0.4, -0.2) is 0 Å². The van der Waals surface area contributed by atoms with E-state index in [2.05, 4.69) is 50.8 Å². The predicted molar refractivity (Wildman–Crippen MR) is 73.3 cm³/mol. The fourth-order valence-corrected chi connectivity index (χ4v) is 2.13. The van der Waals surface area contributed by atoms with E-state index in [1.54, 1.807) is 0 Å². The quantitative estimate of drug-likeness (QED) is 0.581. The molecule has 0 N–H and O–H groups in total. The Hall–Kier alpha value is -1.30. The molecule has 0 saturated heterocycles. The van der Waals surface area contributed by atoms with Crippen molar-refractivity contribution in [2.24, 2.45) is 5.41 Å². The summed E-state index contributed by atoms with van der Waals surface area (Å²) in [5, 5.41) is 0. The van der Waals surface area contributed by atoms with Crippen LogP contribution in [0.5, 0.6) is 0 Å². The molecule has 0 aliphatic heterocycles. The molecular weight excluding hydrogens is 192 g/mol. The molecule has 0 saturated carbocycles. The molecule has 0 aromatic rings. The lowest BCUT2D eigenvalue weighted by Crippen LogP contribution is -2.16. The van der Waals surface area contributed by atoms with Crippen molar-refractivity contribution >= 4 is 0 Å². The molecule has 0 nitrogen and oxygen atoms in total. The Kier molecular flexibility index (Phi) is 4.54. The third kappa shape index (κ3) is 4.06. The summed E-state index contributed by atoms with van der Waals surface area (Å²) in [6.07, 6.45) is 17.0. The van der Waals surface area contributed by atoms with Crippen LogP contribution >= 0.6 is 0 Å². The van der Waals surface area contributed by atoms with Crippen molar-refractivity contribution < 1.29 is 0 Å². The Bertz CT molecular complexity index is 359. The summed E-state index contributed by atoms with van der Waals surface area (Å²) in [5.74, 6) is 0. The lowest BCUT2D eigenvalue weighted by atomic mass is 9.75. The van der Waals surface area contributed by atoms with E-state index in [1.165, 1.54) is 11.1 Å². The van der Waals surface area contributed by atoms with Crippen LogP contribution in [0.25, 0.3) is 0 Å². The van der Waals surface area contributed by atoms with Gasteiger partial charge in [0.25, 0.3) is 0 Å². The maximum Gasteiger partial charge on any atom is -0.0224 e. The number of allylic oxidation sites excluding steroid dienone is 9. The minimum Gasteiger partial charge on any atom is -0.0991 e. The lowest BCUT2D eigenvalue weighted by molar-refractivity contribution is 0.355. The summed E-state index contributed by atoms with van der Waals surface area (Å²) in [5.41, 5.74) is 3.17. The summed E-state index contributed by atoms with van der Waals surface area (Å²) in [7, 11) is 0. The van der Waals surface area contributed by atoms with Gasteiger partial charge in [-0.3, -0.25) is 0 Å². The first-order valence-electron chi connectivity index (χ1n) is 5.89. The Balaban J connectivity index is 2.95. The third-order valence-corrected chi connectivity index (χ3v) is 2.69. The van der Waals surface area contributed by atoms with Crippen molar-refractivity contribution in [3.05, 3.63) is 60.3 Å². The van der Waals surface area contributed by atoms with Crippen molar-refractivity contribution in [3.63, 3.8) is 0 Å². The van der Waals surface area contributed by atoms with Gasteiger partial charge in [-0.1, -0.05) is 63.0 Å². The zero-order valence-corrected chi connectivity index (χ0v) is 10.7.